The first-order chi connectivity index (χ1) is 14.8. The van der Waals surface area contributed by atoms with Crippen molar-refractivity contribution in [3.8, 4) is 11.1 Å². The Morgan fingerprint density at radius 3 is 2.10 bits per heavy atom. The van der Waals surface area contributed by atoms with Crippen molar-refractivity contribution < 1.29 is 4.42 Å². The summed E-state index contributed by atoms with van der Waals surface area (Å²) in [6.45, 7) is 0. The largest absolute Gasteiger partial charge is 0.456 e. The second-order valence-corrected chi connectivity index (χ2v) is 7.82. The third-order valence-electron chi connectivity index (χ3n) is 5.94. The van der Waals surface area contributed by atoms with Crippen molar-refractivity contribution in [1.29, 1.82) is 0 Å². The zero-order valence-corrected chi connectivity index (χ0v) is 16.5. The lowest BCUT2D eigenvalue weighted by atomic mass is 9.96. The molecule has 0 aliphatic heterocycles. The van der Waals surface area contributed by atoms with Gasteiger partial charge in [0.15, 0.2) is 0 Å². The maximum absolute atomic E-state index is 5.96. The van der Waals surface area contributed by atoms with Crippen LogP contribution < -0.4 is 0 Å². The molecule has 0 unspecified atom stereocenters. The molecule has 0 bridgehead atoms. The summed E-state index contributed by atoms with van der Waals surface area (Å²) in [6, 6.07) is 38.8. The van der Waals surface area contributed by atoms with Crippen LogP contribution in [0.25, 0.3) is 43.8 Å². The Hall–Kier alpha value is -3.84. The zero-order chi connectivity index (χ0) is 19.9. The van der Waals surface area contributed by atoms with Crippen molar-refractivity contribution in [3.63, 3.8) is 0 Å². The van der Waals surface area contributed by atoms with Crippen LogP contribution in [-0.4, -0.2) is 0 Å². The highest BCUT2D eigenvalue weighted by molar-refractivity contribution is 6.06. The highest BCUT2D eigenvalue weighted by atomic mass is 16.3. The van der Waals surface area contributed by atoms with Gasteiger partial charge >= 0.3 is 0 Å². The van der Waals surface area contributed by atoms with E-state index in [1.807, 2.05) is 12.1 Å². The molecule has 0 saturated heterocycles. The predicted molar refractivity (Wildman–Crippen MR) is 126 cm³/mol. The minimum absolute atomic E-state index is 0.938. The molecule has 0 fully saturated rings. The van der Waals surface area contributed by atoms with Crippen LogP contribution in [0.15, 0.2) is 114 Å². The lowest BCUT2D eigenvalue weighted by Crippen LogP contribution is -1.90. The topological polar surface area (TPSA) is 13.1 Å². The van der Waals surface area contributed by atoms with E-state index in [1.165, 1.54) is 43.8 Å². The van der Waals surface area contributed by atoms with Crippen LogP contribution in [0, 0.1) is 0 Å². The van der Waals surface area contributed by atoms with Gasteiger partial charge in [-0.05, 0) is 57.6 Å². The van der Waals surface area contributed by atoms with Gasteiger partial charge < -0.3 is 4.42 Å². The van der Waals surface area contributed by atoms with E-state index in [4.69, 9.17) is 4.42 Å². The molecular weight excluding hydrogens is 364 g/mol. The van der Waals surface area contributed by atoms with Gasteiger partial charge in [0.1, 0.15) is 11.2 Å². The number of furan rings is 1. The molecule has 0 spiro atoms. The van der Waals surface area contributed by atoms with Gasteiger partial charge in [-0.1, -0.05) is 91.0 Å². The Morgan fingerprint density at radius 2 is 1.20 bits per heavy atom. The maximum atomic E-state index is 5.96. The maximum Gasteiger partial charge on any atom is 0.135 e. The van der Waals surface area contributed by atoms with Gasteiger partial charge in [-0.25, -0.2) is 0 Å². The Balaban J connectivity index is 1.35. The van der Waals surface area contributed by atoms with Crippen LogP contribution in [0.4, 0.5) is 0 Å². The first kappa shape index (κ1) is 17.1. The van der Waals surface area contributed by atoms with Crippen molar-refractivity contribution in [2.24, 2.45) is 0 Å². The molecule has 0 aliphatic carbocycles. The van der Waals surface area contributed by atoms with E-state index < -0.39 is 0 Å². The smallest absolute Gasteiger partial charge is 0.135 e. The first-order valence-electron chi connectivity index (χ1n) is 10.3. The summed E-state index contributed by atoms with van der Waals surface area (Å²) in [6.07, 6.45) is 0.938. The van der Waals surface area contributed by atoms with Crippen LogP contribution in [0.1, 0.15) is 11.1 Å². The summed E-state index contributed by atoms with van der Waals surface area (Å²) < 4.78 is 5.96. The van der Waals surface area contributed by atoms with Crippen molar-refractivity contribution in [3.05, 3.63) is 120 Å². The molecule has 0 atom stereocenters. The zero-order valence-electron chi connectivity index (χ0n) is 16.5. The fourth-order valence-corrected chi connectivity index (χ4v) is 4.39. The summed E-state index contributed by atoms with van der Waals surface area (Å²) in [7, 11) is 0. The van der Waals surface area contributed by atoms with Gasteiger partial charge in [0, 0.05) is 10.8 Å². The highest BCUT2D eigenvalue weighted by Crippen LogP contribution is 2.32. The third-order valence-corrected chi connectivity index (χ3v) is 5.94. The lowest BCUT2D eigenvalue weighted by molar-refractivity contribution is 0.669. The normalized spacial score (nSPS) is 11.5. The molecule has 30 heavy (non-hydrogen) atoms. The SMILES string of the molecule is c1ccc2c(Cc3ccc(-c4ccc5oc6ccccc6c5c4)cc3)cccc2c1. The average molecular weight is 384 g/mol. The van der Waals surface area contributed by atoms with Gasteiger partial charge in [0.25, 0.3) is 0 Å². The molecule has 6 aromatic rings. The number of fused-ring (bicyclic) bond motifs is 4. The van der Waals surface area contributed by atoms with Gasteiger partial charge in [-0.15, -0.1) is 0 Å². The second-order valence-electron chi connectivity index (χ2n) is 7.82. The van der Waals surface area contributed by atoms with Gasteiger partial charge in [-0.3, -0.25) is 0 Å². The summed E-state index contributed by atoms with van der Waals surface area (Å²) in [5, 5.41) is 4.97. The number of benzene rings is 5. The van der Waals surface area contributed by atoms with Crippen LogP contribution in [-0.2, 0) is 6.42 Å². The Labute approximate surface area is 175 Å². The Kier molecular flexibility index (Phi) is 3.92. The van der Waals surface area contributed by atoms with Crippen LogP contribution in [0.3, 0.4) is 0 Å². The molecule has 6 rings (SSSR count). The molecule has 0 aliphatic rings. The Bertz CT molecular complexity index is 1500. The third kappa shape index (κ3) is 2.87. The van der Waals surface area contributed by atoms with Crippen molar-refractivity contribution >= 4 is 32.7 Å². The summed E-state index contributed by atoms with van der Waals surface area (Å²) >= 11 is 0. The molecular formula is C29H20O. The highest BCUT2D eigenvalue weighted by Gasteiger charge is 2.08. The van der Waals surface area contributed by atoms with Crippen LogP contribution >= 0.6 is 0 Å². The van der Waals surface area contributed by atoms with E-state index in [2.05, 4.69) is 97.1 Å². The molecule has 0 amide bonds. The molecule has 5 aromatic carbocycles. The van der Waals surface area contributed by atoms with E-state index in [0.717, 1.165) is 17.6 Å². The molecule has 1 heteroatoms. The fraction of sp³-hybridized carbons (Fsp3) is 0.0345. The first-order valence-corrected chi connectivity index (χ1v) is 10.3. The van der Waals surface area contributed by atoms with Gasteiger partial charge in [0.2, 0.25) is 0 Å². The minimum Gasteiger partial charge on any atom is -0.456 e. The molecule has 0 saturated carbocycles. The Morgan fingerprint density at radius 1 is 0.500 bits per heavy atom. The molecule has 1 nitrogen and oxygen atoms in total. The number of rotatable bonds is 3. The van der Waals surface area contributed by atoms with Crippen molar-refractivity contribution in [2.75, 3.05) is 0 Å². The summed E-state index contributed by atoms with van der Waals surface area (Å²) in [5.41, 5.74) is 7.01. The average Bonchev–Trinajstić information content (AvgIpc) is 3.18. The molecule has 0 N–H and O–H groups in total. The van der Waals surface area contributed by atoms with E-state index in [1.54, 1.807) is 0 Å². The van der Waals surface area contributed by atoms with Gasteiger partial charge in [-0.2, -0.15) is 0 Å². The van der Waals surface area contributed by atoms with E-state index >= 15 is 0 Å². The molecule has 142 valence electrons. The van der Waals surface area contributed by atoms with E-state index in [-0.39, 0.29) is 0 Å². The fourth-order valence-electron chi connectivity index (χ4n) is 4.39. The minimum atomic E-state index is 0.938. The monoisotopic (exact) mass is 384 g/mol. The number of para-hydroxylation sites is 1. The molecule has 1 aromatic heterocycles. The van der Waals surface area contributed by atoms with Crippen LogP contribution in [0.5, 0.6) is 0 Å². The number of hydrogen-bond donors (Lipinski definition) is 0. The predicted octanol–water partition coefficient (Wildman–Crippen LogP) is 8.00. The summed E-state index contributed by atoms with van der Waals surface area (Å²) in [4.78, 5) is 0. The van der Waals surface area contributed by atoms with Gasteiger partial charge in [0.05, 0.1) is 0 Å². The van der Waals surface area contributed by atoms with Crippen molar-refractivity contribution in [2.45, 2.75) is 6.42 Å². The number of hydrogen-bond acceptors (Lipinski definition) is 1. The molecule has 1 heterocycles. The summed E-state index contributed by atoms with van der Waals surface area (Å²) in [5.74, 6) is 0. The standard InChI is InChI=1S/C29H20O/c1-2-9-25-22(6-1)7-5-8-24(25)18-20-12-14-21(15-13-20)23-16-17-29-27(19-23)26-10-3-4-11-28(26)30-29/h1-17,19H,18H2. The van der Waals surface area contributed by atoms with Crippen molar-refractivity contribution in [1.82, 2.24) is 0 Å². The van der Waals surface area contributed by atoms with Crippen LogP contribution in [0.2, 0.25) is 0 Å². The second kappa shape index (κ2) is 6.89. The van der Waals surface area contributed by atoms with E-state index in [0.29, 0.717) is 0 Å². The lowest BCUT2D eigenvalue weighted by Gasteiger charge is -2.08. The van der Waals surface area contributed by atoms with E-state index in [9.17, 15) is 0 Å². The quantitative estimate of drug-likeness (QED) is 0.301. The molecule has 0 radical (unpaired) electrons.